The molecule has 3 aromatic rings. The first-order valence-corrected chi connectivity index (χ1v) is 11.0. The Labute approximate surface area is 191 Å². The molecule has 0 bridgehead atoms. The quantitative estimate of drug-likeness (QED) is 0.497. The molecule has 0 aromatic heterocycles. The highest BCUT2D eigenvalue weighted by molar-refractivity contribution is 6.25. The van der Waals surface area contributed by atoms with Crippen molar-refractivity contribution < 1.29 is 19.2 Å². The van der Waals surface area contributed by atoms with Crippen molar-refractivity contribution in [2.75, 3.05) is 13.1 Å². The van der Waals surface area contributed by atoms with Crippen LogP contribution in [0.4, 0.5) is 0 Å². The number of amides is 4. The lowest BCUT2D eigenvalue weighted by Crippen LogP contribution is -2.41. The standard InChI is InChI=1S/C26H25N3O4/c30-22(27-15-14-23(31)28-17-18-7-2-1-3-8-18)13-6-16-29-25(32)20-11-4-9-19-10-5-12-21(24(19)20)26(29)33/h1-5,7-12H,6,13-17H2,(H,27,30)(H,28,31). The summed E-state index contributed by atoms with van der Waals surface area (Å²) in [6.07, 6.45) is 0.693. The lowest BCUT2D eigenvalue weighted by atomic mass is 9.94. The van der Waals surface area contributed by atoms with E-state index in [9.17, 15) is 19.2 Å². The molecular formula is C26H25N3O4. The van der Waals surface area contributed by atoms with Crippen molar-refractivity contribution in [2.24, 2.45) is 0 Å². The van der Waals surface area contributed by atoms with Crippen LogP contribution in [0.3, 0.4) is 0 Å². The van der Waals surface area contributed by atoms with Crippen LogP contribution in [-0.4, -0.2) is 41.6 Å². The molecule has 1 aliphatic rings. The summed E-state index contributed by atoms with van der Waals surface area (Å²) in [5.74, 6) is -1.03. The largest absolute Gasteiger partial charge is 0.356 e. The van der Waals surface area contributed by atoms with Gasteiger partial charge in [0.2, 0.25) is 11.8 Å². The van der Waals surface area contributed by atoms with Crippen molar-refractivity contribution in [1.82, 2.24) is 15.5 Å². The highest BCUT2D eigenvalue weighted by Crippen LogP contribution is 2.30. The molecule has 7 heteroatoms. The monoisotopic (exact) mass is 443 g/mol. The van der Waals surface area contributed by atoms with E-state index in [0.717, 1.165) is 10.9 Å². The number of hydrogen-bond donors (Lipinski definition) is 2. The van der Waals surface area contributed by atoms with Gasteiger partial charge in [-0.1, -0.05) is 54.6 Å². The highest BCUT2D eigenvalue weighted by atomic mass is 16.2. The number of nitrogens with one attached hydrogen (secondary N) is 2. The second-order valence-electron chi connectivity index (χ2n) is 7.94. The van der Waals surface area contributed by atoms with Crippen LogP contribution < -0.4 is 10.6 Å². The first kappa shape index (κ1) is 22.2. The molecule has 3 aromatic carbocycles. The Morgan fingerprint density at radius 2 is 1.36 bits per heavy atom. The number of carbonyl (C=O) groups is 4. The molecule has 4 amide bonds. The summed E-state index contributed by atoms with van der Waals surface area (Å²) in [6, 6.07) is 20.4. The van der Waals surface area contributed by atoms with E-state index < -0.39 is 0 Å². The minimum absolute atomic E-state index is 0.142. The molecule has 0 saturated carbocycles. The lowest BCUT2D eigenvalue weighted by molar-refractivity contribution is -0.122. The average molecular weight is 444 g/mol. The van der Waals surface area contributed by atoms with Crippen LogP contribution in [0, 0.1) is 0 Å². The zero-order chi connectivity index (χ0) is 23.2. The Morgan fingerprint density at radius 1 is 0.727 bits per heavy atom. The molecule has 1 heterocycles. The third kappa shape index (κ3) is 5.09. The lowest BCUT2D eigenvalue weighted by Gasteiger charge is -2.27. The van der Waals surface area contributed by atoms with Crippen LogP contribution in [0.15, 0.2) is 66.7 Å². The second-order valence-corrected chi connectivity index (χ2v) is 7.94. The van der Waals surface area contributed by atoms with E-state index in [1.165, 1.54) is 4.90 Å². The van der Waals surface area contributed by atoms with Crippen LogP contribution >= 0.6 is 0 Å². The van der Waals surface area contributed by atoms with Gasteiger partial charge in [-0.2, -0.15) is 0 Å². The topological polar surface area (TPSA) is 95.6 Å². The van der Waals surface area contributed by atoms with E-state index in [4.69, 9.17) is 0 Å². The van der Waals surface area contributed by atoms with Crippen molar-refractivity contribution in [3.05, 3.63) is 83.4 Å². The average Bonchev–Trinajstić information content (AvgIpc) is 2.84. The maximum atomic E-state index is 12.9. The molecule has 0 saturated heterocycles. The molecule has 1 aliphatic heterocycles. The van der Waals surface area contributed by atoms with Gasteiger partial charge in [0.05, 0.1) is 0 Å². The SMILES string of the molecule is O=C(CCCN1C(=O)c2cccc3cccc(c23)C1=O)NCCC(=O)NCc1ccccc1. The van der Waals surface area contributed by atoms with Crippen molar-refractivity contribution in [2.45, 2.75) is 25.8 Å². The summed E-state index contributed by atoms with van der Waals surface area (Å²) >= 11 is 0. The van der Waals surface area contributed by atoms with Gasteiger partial charge < -0.3 is 10.6 Å². The second kappa shape index (κ2) is 10.1. The zero-order valence-corrected chi connectivity index (χ0v) is 18.2. The van der Waals surface area contributed by atoms with Gasteiger partial charge in [-0.3, -0.25) is 24.1 Å². The smallest absolute Gasteiger partial charge is 0.261 e. The van der Waals surface area contributed by atoms with Crippen LogP contribution in [-0.2, 0) is 16.1 Å². The predicted molar refractivity (Wildman–Crippen MR) is 124 cm³/mol. The minimum atomic E-state index is -0.334. The molecule has 33 heavy (non-hydrogen) atoms. The molecule has 0 aliphatic carbocycles. The normalized spacial score (nSPS) is 12.7. The molecule has 0 radical (unpaired) electrons. The maximum absolute atomic E-state index is 12.9. The third-order valence-corrected chi connectivity index (χ3v) is 5.65. The van der Waals surface area contributed by atoms with Gasteiger partial charge in [0.15, 0.2) is 0 Å². The fourth-order valence-corrected chi connectivity index (χ4v) is 3.97. The zero-order valence-electron chi connectivity index (χ0n) is 18.2. The summed E-state index contributed by atoms with van der Waals surface area (Å²) in [5, 5.41) is 7.08. The van der Waals surface area contributed by atoms with Gasteiger partial charge in [0.25, 0.3) is 11.8 Å². The van der Waals surface area contributed by atoms with Crippen LogP contribution in [0.2, 0.25) is 0 Å². The number of carbonyl (C=O) groups excluding carboxylic acids is 4. The van der Waals surface area contributed by atoms with Crippen molar-refractivity contribution >= 4 is 34.4 Å². The van der Waals surface area contributed by atoms with Gasteiger partial charge in [-0.15, -0.1) is 0 Å². The number of hydrogen-bond acceptors (Lipinski definition) is 4. The Morgan fingerprint density at radius 3 is 2.03 bits per heavy atom. The molecule has 168 valence electrons. The van der Waals surface area contributed by atoms with E-state index in [0.29, 0.717) is 29.5 Å². The summed E-state index contributed by atoms with van der Waals surface area (Å²) in [4.78, 5) is 51.0. The van der Waals surface area contributed by atoms with Crippen molar-refractivity contribution in [1.29, 1.82) is 0 Å². The summed E-state index contributed by atoms with van der Waals surface area (Å²) in [7, 11) is 0. The van der Waals surface area contributed by atoms with Gasteiger partial charge in [0, 0.05) is 49.0 Å². The number of benzene rings is 3. The van der Waals surface area contributed by atoms with E-state index in [1.807, 2.05) is 42.5 Å². The van der Waals surface area contributed by atoms with E-state index >= 15 is 0 Å². The van der Waals surface area contributed by atoms with Crippen LogP contribution in [0.25, 0.3) is 10.8 Å². The molecular weight excluding hydrogens is 418 g/mol. The van der Waals surface area contributed by atoms with E-state index in [1.54, 1.807) is 24.3 Å². The maximum Gasteiger partial charge on any atom is 0.261 e. The fourth-order valence-electron chi connectivity index (χ4n) is 3.97. The number of imide groups is 1. The Kier molecular flexibility index (Phi) is 6.78. The first-order chi connectivity index (χ1) is 16.0. The van der Waals surface area contributed by atoms with Crippen molar-refractivity contribution in [3.63, 3.8) is 0 Å². The Balaban J connectivity index is 1.21. The summed E-state index contributed by atoms with van der Waals surface area (Å²) in [6.45, 7) is 0.839. The fraction of sp³-hybridized carbons (Fsp3) is 0.231. The van der Waals surface area contributed by atoms with E-state index in [2.05, 4.69) is 10.6 Å². The van der Waals surface area contributed by atoms with Gasteiger partial charge in [0.1, 0.15) is 0 Å². The summed E-state index contributed by atoms with van der Waals surface area (Å²) in [5.41, 5.74) is 2.03. The molecule has 0 unspecified atom stereocenters. The Hall–Kier alpha value is -4.00. The highest BCUT2D eigenvalue weighted by Gasteiger charge is 2.32. The third-order valence-electron chi connectivity index (χ3n) is 5.65. The van der Waals surface area contributed by atoms with Gasteiger partial charge in [-0.25, -0.2) is 0 Å². The minimum Gasteiger partial charge on any atom is -0.356 e. The van der Waals surface area contributed by atoms with Gasteiger partial charge >= 0.3 is 0 Å². The first-order valence-electron chi connectivity index (χ1n) is 11.0. The van der Waals surface area contributed by atoms with Crippen LogP contribution in [0.5, 0.6) is 0 Å². The molecule has 7 nitrogen and oxygen atoms in total. The molecule has 0 spiro atoms. The summed E-state index contributed by atoms with van der Waals surface area (Å²) < 4.78 is 0. The molecule has 0 fully saturated rings. The Bertz CT molecular complexity index is 1160. The van der Waals surface area contributed by atoms with E-state index in [-0.39, 0.29) is 49.6 Å². The molecule has 0 atom stereocenters. The number of nitrogens with zero attached hydrogens (tertiary/aromatic N) is 1. The van der Waals surface area contributed by atoms with Crippen molar-refractivity contribution in [3.8, 4) is 0 Å². The van der Waals surface area contributed by atoms with Gasteiger partial charge in [-0.05, 0) is 29.5 Å². The predicted octanol–water partition coefficient (Wildman–Crippen LogP) is 3.04. The number of rotatable bonds is 9. The molecule has 4 rings (SSSR count). The molecule has 2 N–H and O–H groups in total. The van der Waals surface area contributed by atoms with Crippen LogP contribution in [0.1, 0.15) is 45.5 Å².